The molecule has 34 heavy (non-hydrogen) atoms. The minimum absolute atomic E-state index is 0.0717. The molecule has 0 radical (unpaired) electrons. The van der Waals surface area contributed by atoms with Crippen molar-refractivity contribution in [1.29, 1.82) is 0 Å². The number of sulfonamides is 1. The Labute approximate surface area is 191 Å². The number of halogens is 3. The summed E-state index contributed by atoms with van der Waals surface area (Å²) in [5.74, 6) is -1.33. The van der Waals surface area contributed by atoms with Gasteiger partial charge in [-0.3, -0.25) is 14.9 Å². The molecular weight excluding hydrogens is 481 g/mol. The fourth-order valence-corrected chi connectivity index (χ4v) is 3.38. The van der Waals surface area contributed by atoms with Crippen LogP contribution < -0.4 is 10.0 Å². The third-order valence-electron chi connectivity index (χ3n) is 4.42. The van der Waals surface area contributed by atoms with Gasteiger partial charge in [-0.15, -0.1) is 0 Å². The average Bonchev–Trinajstić information content (AvgIpc) is 3.21. The number of carbonyl (C=O) groups excluding carboxylic acids is 1. The molecule has 10 nitrogen and oxygen atoms in total. The molecule has 2 aromatic carbocycles. The smallest absolute Gasteiger partial charge is 0.416 e. The number of amides is 1. The van der Waals surface area contributed by atoms with Gasteiger partial charge in [-0.1, -0.05) is 12.1 Å². The third-order valence-corrected chi connectivity index (χ3v) is 5.15. The first kappa shape index (κ1) is 24.9. The van der Waals surface area contributed by atoms with E-state index in [1.807, 2.05) is 0 Å². The van der Waals surface area contributed by atoms with Crippen LogP contribution in [0, 0.1) is 10.1 Å². The number of carbonyl (C=O) groups is 1. The Bertz CT molecular complexity index is 1320. The number of benzene rings is 2. The Balaban J connectivity index is 2.01. The summed E-state index contributed by atoms with van der Waals surface area (Å²) in [5.41, 5.74) is -1.62. The highest BCUT2D eigenvalue weighted by Gasteiger charge is 2.31. The van der Waals surface area contributed by atoms with Crippen LogP contribution >= 0.6 is 0 Å². The second-order valence-electron chi connectivity index (χ2n) is 6.97. The lowest BCUT2D eigenvalue weighted by Gasteiger charge is -2.06. The molecule has 3 aromatic rings. The summed E-state index contributed by atoms with van der Waals surface area (Å²) in [6.45, 7) is -0.264. The lowest BCUT2D eigenvalue weighted by Crippen LogP contribution is -2.34. The van der Waals surface area contributed by atoms with Crippen molar-refractivity contribution < 1.29 is 35.7 Å². The monoisotopic (exact) mass is 498 g/mol. The maximum Gasteiger partial charge on any atom is 0.416 e. The van der Waals surface area contributed by atoms with E-state index in [2.05, 4.69) is 15.0 Å². The van der Waals surface area contributed by atoms with E-state index in [1.165, 1.54) is 24.3 Å². The van der Waals surface area contributed by atoms with E-state index in [1.54, 1.807) is 0 Å². The summed E-state index contributed by atoms with van der Waals surface area (Å²) in [4.78, 5) is 27.6. The molecule has 0 aliphatic carbocycles. The molecule has 3 rings (SSSR count). The highest BCUT2D eigenvalue weighted by atomic mass is 32.2. The maximum atomic E-state index is 12.9. The molecule has 14 heteroatoms. The van der Waals surface area contributed by atoms with Gasteiger partial charge in [0.15, 0.2) is 11.5 Å². The quantitative estimate of drug-likeness (QED) is 0.276. The molecule has 180 valence electrons. The van der Waals surface area contributed by atoms with Gasteiger partial charge in [0, 0.05) is 24.7 Å². The number of aromatic nitrogens is 1. The van der Waals surface area contributed by atoms with Crippen LogP contribution in [0.1, 0.15) is 16.1 Å². The second-order valence-corrected chi connectivity index (χ2v) is 8.80. The van der Waals surface area contributed by atoms with Crippen molar-refractivity contribution in [3.8, 4) is 22.8 Å². The number of hydrogen-bond acceptors (Lipinski definition) is 7. The summed E-state index contributed by atoms with van der Waals surface area (Å²) in [6, 6.07) is 9.20. The minimum Gasteiger partial charge on any atom is -0.435 e. The molecule has 0 spiro atoms. The molecule has 0 aliphatic heterocycles. The van der Waals surface area contributed by atoms with Crippen LogP contribution in [0.15, 0.2) is 52.9 Å². The van der Waals surface area contributed by atoms with E-state index >= 15 is 0 Å². The first-order chi connectivity index (χ1) is 15.9. The van der Waals surface area contributed by atoms with Crippen molar-refractivity contribution in [2.75, 3.05) is 19.3 Å². The van der Waals surface area contributed by atoms with E-state index in [0.717, 1.165) is 30.5 Å². The number of nitro groups is 1. The van der Waals surface area contributed by atoms with Gasteiger partial charge in [-0.25, -0.2) is 18.1 Å². The number of oxazole rings is 1. The number of hydrogen-bond donors (Lipinski definition) is 2. The van der Waals surface area contributed by atoms with Crippen LogP contribution in [0.4, 0.5) is 18.9 Å². The largest absolute Gasteiger partial charge is 0.435 e. The van der Waals surface area contributed by atoms with E-state index in [9.17, 15) is 36.5 Å². The van der Waals surface area contributed by atoms with Crippen LogP contribution in [-0.2, 0) is 16.2 Å². The number of nitrogens with one attached hydrogen (secondary N) is 2. The SMILES string of the molecule is CS(=O)(=O)NCCNC(=O)c1nc(-c2ccc(C(F)(F)F)cc2)oc1-c1ccccc1[N+](=O)[O-]. The van der Waals surface area contributed by atoms with Gasteiger partial charge in [-0.2, -0.15) is 13.2 Å². The molecule has 0 aliphatic rings. The number of rotatable bonds is 8. The fourth-order valence-electron chi connectivity index (χ4n) is 2.90. The van der Waals surface area contributed by atoms with Crippen LogP contribution in [0.3, 0.4) is 0 Å². The predicted octanol–water partition coefficient (Wildman–Crippen LogP) is 3.21. The van der Waals surface area contributed by atoms with Gasteiger partial charge >= 0.3 is 6.18 Å². The normalized spacial score (nSPS) is 11.9. The number of nitrogens with zero attached hydrogens (tertiary/aromatic N) is 2. The van der Waals surface area contributed by atoms with Gasteiger partial charge in [0.2, 0.25) is 15.9 Å². The Morgan fingerprint density at radius 1 is 1.12 bits per heavy atom. The lowest BCUT2D eigenvalue weighted by atomic mass is 10.1. The number of para-hydroxylation sites is 1. The van der Waals surface area contributed by atoms with E-state index in [-0.39, 0.29) is 47.2 Å². The Morgan fingerprint density at radius 2 is 1.76 bits per heavy atom. The van der Waals surface area contributed by atoms with Crippen molar-refractivity contribution in [1.82, 2.24) is 15.0 Å². The van der Waals surface area contributed by atoms with Gasteiger partial charge < -0.3 is 9.73 Å². The molecule has 0 fully saturated rings. The van der Waals surface area contributed by atoms with E-state index < -0.39 is 32.6 Å². The summed E-state index contributed by atoms with van der Waals surface area (Å²) in [7, 11) is -3.49. The van der Waals surface area contributed by atoms with Gasteiger partial charge in [0.05, 0.1) is 22.3 Å². The average molecular weight is 498 g/mol. The van der Waals surface area contributed by atoms with Crippen molar-refractivity contribution in [2.45, 2.75) is 6.18 Å². The zero-order chi connectivity index (χ0) is 25.1. The lowest BCUT2D eigenvalue weighted by molar-refractivity contribution is -0.384. The summed E-state index contributed by atoms with van der Waals surface area (Å²) >= 11 is 0. The second kappa shape index (κ2) is 9.61. The van der Waals surface area contributed by atoms with E-state index in [0.29, 0.717) is 0 Å². The first-order valence-electron chi connectivity index (χ1n) is 9.52. The molecule has 1 heterocycles. The Kier molecular flexibility index (Phi) is 7.02. The highest BCUT2D eigenvalue weighted by molar-refractivity contribution is 7.88. The molecule has 0 atom stereocenters. The Hall–Kier alpha value is -3.78. The standard InChI is InChI=1S/C20H17F3N4O6S/c1-34(31,32)25-11-10-24-18(28)16-17(14-4-2-3-5-15(14)27(29)30)33-19(26-16)12-6-8-13(9-7-12)20(21,22)23/h2-9,25H,10-11H2,1H3,(H,24,28). The molecular formula is C20H17F3N4O6S. The Morgan fingerprint density at radius 3 is 2.35 bits per heavy atom. The van der Waals surface area contributed by atoms with E-state index in [4.69, 9.17) is 4.42 Å². The summed E-state index contributed by atoms with van der Waals surface area (Å²) in [6.07, 6.45) is -3.62. The molecule has 1 amide bonds. The van der Waals surface area contributed by atoms with Gasteiger partial charge in [0.1, 0.15) is 0 Å². The third kappa shape index (κ3) is 5.96. The maximum absolute atomic E-state index is 12.9. The van der Waals surface area contributed by atoms with Crippen LogP contribution in [-0.4, -0.2) is 43.6 Å². The van der Waals surface area contributed by atoms with Crippen LogP contribution in [0.25, 0.3) is 22.8 Å². The molecule has 0 saturated carbocycles. The summed E-state index contributed by atoms with van der Waals surface area (Å²) in [5, 5.41) is 13.9. The highest BCUT2D eigenvalue weighted by Crippen LogP contribution is 2.36. The molecule has 2 N–H and O–H groups in total. The first-order valence-corrected chi connectivity index (χ1v) is 11.4. The number of nitro benzene ring substituents is 1. The van der Waals surface area contributed by atoms with Crippen LogP contribution in [0.2, 0.25) is 0 Å². The zero-order valence-corrected chi connectivity index (χ0v) is 18.2. The minimum atomic E-state index is -4.56. The molecule has 0 saturated heterocycles. The van der Waals surface area contributed by atoms with Crippen molar-refractivity contribution >= 4 is 21.6 Å². The van der Waals surface area contributed by atoms with Crippen molar-refractivity contribution in [3.05, 3.63) is 69.9 Å². The summed E-state index contributed by atoms with van der Waals surface area (Å²) < 4.78 is 68.7. The van der Waals surface area contributed by atoms with Gasteiger partial charge in [-0.05, 0) is 30.3 Å². The molecule has 1 aromatic heterocycles. The fraction of sp³-hybridized carbons (Fsp3) is 0.200. The molecule has 0 bridgehead atoms. The predicted molar refractivity (Wildman–Crippen MR) is 114 cm³/mol. The topological polar surface area (TPSA) is 144 Å². The zero-order valence-electron chi connectivity index (χ0n) is 17.4. The molecule has 0 unspecified atom stereocenters. The number of alkyl halides is 3. The van der Waals surface area contributed by atoms with Crippen molar-refractivity contribution in [2.24, 2.45) is 0 Å². The van der Waals surface area contributed by atoms with Crippen molar-refractivity contribution in [3.63, 3.8) is 0 Å². The van der Waals surface area contributed by atoms with Gasteiger partial charge in [0.25, 0.3) is 11.6 Å². The van der Waals surface area contributed by atoms with Crippen LogP contribution in [0.5, 0.6) is 0 Å².